The molecule has 0 atom stereocenters. The lowest BCUT2D eigenvalue weighted by Gasteiger charge is -2.29. The van der Waals surface area contributed by atoms with Crippen molar-refractivity contribution >= 4 is 11.6 Å². The molecule has 0 saturated heterocycles. The van der Waals surface area contributed by atoms with E-state index in [1.807, 2.05) is 42.5 Å². The molecule has 5 heteroatoms. The van der Waals surface area contributed by atoms with Crippen molar-refractivity contribution in [1.82, 2.24) is 0 Å². The van der Waals surface area contributed by atoms with Crippen molar-refractivity contribution in [2.45, 2.75) is 12.8 Å². The number of methoxy groups -OCH3 is 2. The Hall–Kier alpha value is -2.69. The van der Waals surface area contributed by atoms with Gasteiger partial charge in [0.2, 0.25) is 5.91 Å². The molecule has 2 aromatic rings. The van der Waals surface area contributed by atoms with Crippen LogP contribution in [0.5, 0.6) is 17.2 Å². The van der Waals surface area contributed by atoms with Crippen molar-refractivity contribution in [1.29, 1.82) is 0 Å². The molecule has 0 radical (unpaired) electrons. The molecule has 0 aromatic heterocycles. The zero-order valence-corrected chi connectivity index (χ0v) is 14.0. The third-order valence-electron chi connectivity index (χ3n) is 4.15. The first-order chi connectivity index (χ1) is 11.7. The van der Waals surface area contributed by atoms with Crippen LogP contribution in [0.25, 0.3) is 0 Å². The van der Waals surface area contributed by atoms with Gasteiger partial charge in [-0.3, -0.25) is 4.79 Å². The lowest BCUT2D eigenvalue weighted by Crippen LogP contribution is -2.38. The fraction of sp³-hybridized carbons (Fsp3) is 0.316. The molecule has 0 saturated carbocycles. The topological polar surface area (TPSA) is 48.0 Å². The molecule has 0 spiro atoms. The highest BCUT2D eigenvalue weighted by atomic mass is 16.5. The third-order valence-corrected chi connectivity index (χ3v) is 4.15. The monoisotopic (exact) mass is 327 g/mol. The standard InChI is InChI=1S/C19H21NO4/c1-22-16-8-5-9-17(23-2)14(16)10-11-19(21)20-12-13-24-18-7-4-3-6-15(18)20/h3-9H,10-13H2,1-2H3. The Kier molecular flexibility index (Phi) is 4.89. The highest BCUT2D eigenvalue weighted by Crippen LogP contribution is 2.33. The molecule has 0 fully saturated rings. The molecule has 1 heterocycles. The van der Waals surface area contributed by atoms with E-state index in [0.29, 0.717) is 26.0 Å². The van der Waals surface area contributed by atoms with Crippen molar-refractivity contribution in [3.8, 4) is 17.2 Å². The smallest absolute Gasteiger partial charge is 0.227 e. The Balaban J connectivity index is 1.76. The quantitative estimate of drug-likeness (QED) is 0.847. The van der Waals surface area contributed by atoms with E-state index in [0.717, 1.165) is 28.5 Å². The van der Waals surface area contributed by atoms with Gasteiger partial charge in [-0.2, -0.15) is 0 Å². The van der Waals surface area contributed by atoms with Crippen molar-refractivity contribution in [3.05, 3.63) is 48.0 Å². The van der Waals surface area contributed by atoms with Crippen LogP contribution < -0.4 is 19.1 Å². The van der Waals surface area contributed by atoms with Gasteiger partial charge in [0.1, 0.15) is 23.9 Å². The highest BCUT2D eigenvalue weighted by Gasteiger charge is 2.23. The normalized spacial score (nSPS) is 13.0. The van der Waals surface area contributed by atoms with E-state index in [1.165, 1.54) is 0 Å². The summed E-state index contributed by atoms with van der Waals surface area (Å²) in [5, 5.41) is 0. The first-order valence-electron chi connectivity index (χ1n) is 7.96. The van der Waals surface area contributed by atoms with E-state index in [4.69, 9.17) is 14.2 Å². The van der Waals surface area contributed by atoms with Crippen LogP contribution in [-0.2, 0) is 11.2 Å². The number of carbonyl (C=O) groups excluding carboxylic acids is 1. The summed E-state index contributed by atoms with van der Waals surface area (Å²) >= 11 is 0. The average Bonchev–Trinajstić information content (AvgIpc) is 2.65. The molecule has 126 valence electrons. The van der Waals surface area contributed by atoms with Crippen LogP contribution in [0, 0.1) is 0 Å². The second kappa shape index (κ2) is 7.25. The average molecular weight is 327 g/mol. The first kappa shape index (κ1) is 16.2. The van der Waals surface area contributed by atoms with Crippen LogP contribution in [0.3, 0.4) is 0 Å². The second-order valence-electron chi connectivity index (χ2n) is 5.50. The van der Waals surface area contributed by atoms with E-state index >= 15 is 0 Å². The predicted octanol–water partition coefficient (Wildman–Crippen LogP) is 3.06. The molecule has 1 aliphatic rings. The minimum Gasteiger partial charge on any atom is -0.496 e. The first-order valence-corrected chi connectivity index (χ1v) is 7.96. The van der Waals surface area contributed by atoms with E-state index in [-0.39, 0.29) is 5.91 Å². The number of para-hydroxylation sites is 2. The van der Waals surface area contributed by atoms with Gasteiger partial charge >= 0.3 is 0 Å². The fourth-order valence-electron chi connectivity index (χ4n) is 2.97. The lowest BCUT2D eigenvalue weighted by molar-refractivity contribution is -0.118. The number of benzene rings is 2. The molecule has 5 nitrogen and oxygen atoms in total. The number of carbonyl (C=O) groups is 1. The van der Waals surface area contributed by atoms with E-state index in [1.54, 1.807) is 19.1 Å². The number of rotatable bonds is 5. The maximum absolute atomic E-state index is 12.7. The SMILES string of the molecule is COc1cccc(OC)c1CCC(=O)N1CCOc2ccccc21. The van der Waals surface area contributed by atoms with Gasteiger partial charge < -0.3 is 19.1 Å². The van der Waals surface area contributed by atoms with E-state index in [2.05, 4.69) is 0 Å². The maximum atomic E-state index is 12.7. The van der Waals surface area contributed by atoms with Gasteiger partial charge in [0.25, 0.3) is 0 Å². The zero-order valence-electron chi connectivity index (χ0n) is 14.0. The summed E-state index contributed by atoms with van der Waals surface area (Å²) in [5.41, 5.74) is 1.75. The lowest BCUT2D eigenvalue weighted by atomic mass is 10.1. The third kappa shape index (κ3) is 3.15. The van der Waals surface area contributed by atoms with Gasteiger partial charge in [-0.25, -0.2) is 0 Å². The molecule has 0 bridgehead atoms. The molecule has 2 aromatic carbocycles. The molecule has 0 aliphatic carbocycles. The minimum absolute atomic E-state index is 0.0682. The van der Waals surface area contributed by atoms with Crippen LogP contribution in [-0.4, -0.2) is 33.3 Å². The van der Waals surface area contributed by atoms with Crippen molar-refractivity contribution in [2.24, 2.45) is 0 Å². The van der Waals surface area contributed by atoms with Crippen molar-refractivity contribution in [2.75, 3.05) is 32.3 Å². The zero-order chi connectivity index (χ0) is 16.9. The molecule has 3 rings (SSSR count). The molecule has 0 unspecified atom stereocenters. The molecule has 1 amide bonds. The summed E-state index contributed by atoms with van der Waals surface area (Å²) in [7, 11) is 3.25. The second-order valence-corrected chi connectivity index (χ2v) is 5.50. The summed E-state index contributed by atoms with van der Waals surface area (Å²) in [4.78, 5) is 14.5. The molecule has 0 N–H and O–H groups in total. The van der Waals surface area contributed by atoms with Crippen molar-refractivity contribution < 1.29 is 19.0 Å². The van der Waals surface area contributed by atoms with Gasteiger partial charge in [0, 0.05) is 12.0 Å². The highest BCUT2D eigenvalue weighted by molar-refractivity contribution is 5.95. The number of hydrogen-bond donors (Lipinski definition) is 0. The molecular formula is C19H21NO4. The predicted molar refractivity (Wildman–Crippen MR) is 92.2 cm³/mol. The number of anilines is 1. The van der Waals surface area contributed by atoms with Gasteiger partial charge in [-0.1, -0.05) is 18.2 Å². The summed E-state index contributed by atoms with van der Waals surface area (Å²) in [6.07, 6.45) is 0.941. The molecule has 1 aliphatic heterocycles. The van der Waals surface area contributed by atoms with Crippen LogP contribution in [0.1, 0.15) is 12.0 Å². The Morgan fingerprint density at radius 1 is 1.08 bits per heavy atom. The number of fused-ring (bicyclic) bond motifs is 1. The van der Waals surface area contributed by atoms with Gasteiger partial charge in [0.15, 0.2) is 0 Å². The van der Waals surface area contributed by atoms with Crippen LogP contribution in [0.4, 0.5) is 5.69 Å². The summed E-state index contributed by atoms with van der Waals surface area (Å²) in [5.74, 6) is 2.31. The van der Waals surface area contributed by atoms with Crippen molar-refractivity contribution in [3.63, 3.8) is 0 Å². The van der Waals surface area contributed by atoms with Crippen LogP contribution in [0.15, 0.2) is 42.5 Å². The van der Waals surface area contributed by atoms with Gasteiger partial charge in [0.05, 0.1) is 26.5 Å². The number of nitrogens with zero attached hydrogens (tertiary/aromatic N) is 1. The molecule has 24 heavy (non-hydrogen) atoms. The Labute approximate surface area is 141 Å². The largest absolute Gasteiger partial charge is 0.496 e. The van der Waals surface area contributed by atoms with Crippen LogP contribution >= 0.6 is 0 Å². The van der Waals surface area contributed by atoms with E-state index < -0.39 is 0 Å². The maximum Gasteiger partial charge on any atom is 0.227 e. The Morgan fingerprint density at radius 3 is 2.50 bits per heavy atom. The van der Waals surface area contributed by atoms with E-state index in [9.17, 15) is 4.79 Å². The number of amides is 1. The fourth-order valence-corrected chi connectivity index (χ4v) is 2.97. The number of hydrogen-bond acceptors (Lipinski definition) is 4. The summed E-state index contributed by atoms with van der Waals surface area (Å²) < 4.78 is 16.4. The van der Waals surface area contributed by atoms with Gasteiger partial charge in [-0.15, -0.1) is 0 Å². The Morgan fingerprint density at radius 2 is 1.79 bits per heavy atom. The summed E-state index contributed by atoms with van der Waals surface area (Å²) in [6.45, 7) is 1.08. The van der Waals surface area contributed by atoms with Gasteiger partial charge in [-0.05, 0) is 30.7 Å². The number of ether oxygens (including phenoxy) is 3. The molecular weight excluding hydrogens is 306 g/mol. The summed E-state index contributed by atoms with van der Waals surface area (Å²) in [6, 6.07) is 13.3. The van der Waals surface area contributed by atoms with Crippen LogP contribution in [0.2, 0.25) is 0 Å². The minimum atomic E-state index is 0.0682. The Bertz CT molecular complexity index is 707.